The first-order chi connectivity index (χ1) is 13.6. The van der Waals surface area contributed by atoms with E-state index in [4.69, 9.17) is 14.2 Å². The van der Waals surface area contributed by atoms with Gasteiger partial charge < -0.3 is 14.2 Å². The molecule has 0 unspecified atom stereocenters. The predicted octanol–water partition coefficient (Wildman–Crippen LogP) is 3.65. The quantitative estimate of drug-likeness (QED) is 0.710. The maximum Gasteiger partial charge on any atom is 0.239 e. The number of nitrogens with zero attached hydrogens (tertiary/aromatic N) is 2. The van der Waals surface area contributed by atoms with E-state index >= 15 is 0 Å². The van der Waals surface area contributed by atoms with E-state index in [0.717, 1.165) is 5.56 Å². The van der Waals surface area contributed by atoms with Crippen LogP contribution in [0, 0.1) is 0 Å². The van der Waals surface area contributed by atoms with Crippen LogP contribution in [0.4, 0.5) is 0 Å². The molecule has 1 saturated heterocycles. The molecule has 29 heavy (non-hydrogen) atoms. The van der Waals surface area contributed by atoms with Crippen molar-refractivity contribution in [1.82, 2.24) is 10.2 Å². The zero-order valence-corrected chi connectivity index (χ0v) is 17.6. The number of benzene rings is 1. The van der Waals surface area contributed by atoms with Crippen LogP contribution < -0.4 is 9.47 Å². The molecule has 7 nitrogen and oxygen atoms in total. The standard InChI is InChI=1S/C22H26N2O5/c1-7-13-8-9-14(28-17-11-10-16(27-6)23-24-17)12-15(13)18-19(25)21(2,3)29-22(4,5)20(18)26/h8-12,18H,7H2,1-6H3. The third kappa shape index (κ3) is 4.00. The molecule has 2 heterocycles. The summed E-state index contributed by atoms with van der Waals surface area (Å²) in [6.45, 7) is 8.80. The smallest absolute Gasteiger partial charge is 0.239 e. The van der Waals surface area contributed by atoms with Crippen molar-refractivity contribution in [3.8, 4) is 17.5 Å². The molecule has 0 N–H and O–H groups in total. The van der Waals surface area contributed by atoms with Crippen LogP contribution in [0.25, 0.3) is 0 Å². The monoisotopic (exact) mass is 398 g/mol. The van der Waals surface area contributed by atoms with Crippen molar-refractivity contribution < 1.29 is 23.8 Å². The van der Waals surface area contributed by atoms with Crippen LogP contribution >= 0.6 is 0 Å². The lowest BCUT2D eigenvalue weighted by Gasteiger charge is -2.43. The van der Waals surface area contributed by atoms with Crippen LogP contribution in [0.15, 0.2) is 30.3 Å². The lowest BCUT2D eigenvalue weighted by atomic mass is 9.73. The van der Waals surface area contributed by atoms with Crippen LogP contribution in [0.2, 0.25) is 0 Å². The minimum atomic E-state index is -1.06. The minimum absolute atomic E-state index is 0.252. The Morgan fingerprint density at radius 2 is 1.55 bits per heavy atom. The highest BCUT2D eigenvalue weighted by Crippen LogP contribution is 2.40. The number of methoxy groups -OCH3 is 1. The Labute approximate surface area is 170 Å². The summed E-state index contributed by atoms with van der Waals surface area (Å²) in [7, 11) is 1.51. The molecule has 1 aliphatic heterocycles. The maximum absolute atomic E-state index is 13.1. The van der Waals surface area contributed by atoms with E-state index in [2.05, 4.69) is 10.2 Å². The largest absolute Gasteiger partial charge is 0.480 e. The Balaban J connectivity index is 2.01. The van der Waals surface area contributed by atoms with Gasteiger partial charge in [-0.05, 0) is 57.4 Å². The summed E-state index contributed by atoms with van der Waals surface area (Å²) in [4.78, 5) is 26.3. The average Bonchev–Trinajstić information content (AvgIpc) is 2.67. The lowest BCUT2D eigenvalue weighted by molar-refractivity contribution is -0.184. The van der Waals surface area contributed by atoms with Gasteiger partial charge in [0.1, 0.15) is 22.9 Å². The number of hydrogen-bond acceptors (Lipinski definition) is 7. The van der Waals surface area contributed by atoms with Crippen LogP contribution in [0.1, 0.15) is 51.7 Å². The summed E-state index contributed by atoms with van der Waals surface area (Å²) < 4.78 is 16.6. The number of Topliss-reactive ketones (excluding diaryl/α,β-unsaturated/α-hetero) is 2. The van der Waals surface area contributed by atoms with E-state index in [1.165, 1.54) is 7.11 Å². The second kappa shape index (κ2) is 7.55. The van der Waals surface area contributed by atoms with Crippen molar-refractivity contribution in [2.75, 3.05) is 7.11 Å². The zero-order valence-electron chi connectivity index (χ0n) is 17.6. The number of carbonyl (C=O) groups is 2. The predicted molar refractivity (Wildman–Crippen MR) is 106 cm³/mol. The van der Waals surface area contributed by atoms with Crippen LogP contribution in [-0.2, 0) is 20.7 Å². The van der Waals surface area contributed by atoms with Gasteiger partial charge in [0.05, 0.1) is 7.11 Å². The van der Waals surface area contributed by atoms with E-state index in [1.807, 2.05) is 13.0 Å². The van der Waals surface area contributed by atoms with Crippen molar-refractivity contribution in [2.24, 2.45) is 0 Å². The highest BCUT2D eigenvalue weighted by molar-refractivity contribution is 6.15. The van der Waals surface area contributed by atoms with E-state index in [9.17, 15) is 9.59 Å². The molecule has 1 aliphatic rings. The molecule has 1 aromatic carbocycles. The summed E-state index contributed by atoms with van der Waals surface area (Å²) in [6.07, 6.45) is 0.677. The Morgan fingerprint density at radius 3 is 2.07 bits per heavy atom. The number of rotatable bonds is 5. The van der Waals surface area contributed by atoms with E-state index in [1.54, 1.807) is 52.0 Å². The topological polar surface area (TPSA) is 87.6 Å². The second-order valence-electron chi connectivity index (χ2n) is 8.01. The SMILES string of the molecule is CCc1ccc(Oc2ccc(OC)nn2)cc1C1C(=O)C(C)(C)OC(C)(C)C1=O. The third-order valence-electron chi connectivity index (χ3n) is 5.08. The van der Waals surface area contributed by atoms with Crippen molar-refractivity contribution in [2.45, 2.75) is 58.2 Å². The molecule has 0 amide bonds. The van der Waals surface area contributed by atoms with Crippen molar-refractivity contribution >= 4 is 11.6 Å². The summed E-state index contributed by atoms with van der Waals surface area (Å²) in [5.74, 6) is -0.280. The zero-order chi connectivity index (χ0) is 21.4. The molecule has 0 saturated carbocycles. The van der Waals surface area contributed by atoms with E-state index < -0.39 is 17.1 Å². The number of carbonyl (C=O) groups excluding carboxylic acids is 2. The summed E-state index contributed by atoms with van der Waals surface area (Å²) in [5, 5.41) is 7.83. The highest BCUT2D eigenvalue weighted by atomic mass is 16.5. The van der Waals surface area contributed by atoms with Gasteiger partial charge in [0, 0.05) is 12.1 Å². The summed E-state index contributed by atoms with van der Waals surface area (Å²) in [5.41, 5.74) is -0.569. The molecule has 2 aromatic rings. The molecule has 1 aromatic heterocycles. The van der Waals surface area contributed by atoms with Crippen LogP contribution in [-0.4, -0.2) is 40.1 Å². The molecular formula is C22H26N2O5. The highest BCUT2D eigenvalue weighted by Gasteiger charge is 2.53. The third-order valence-corrected chi connectivity index (χ3v) is 5.08. The molecular weight excluding hydrogens is 372 g/mol. The van der Waals surface area contributed by atoms with Gasteiger partial charge >= 0.3 is 0 Å². The minimum Gasteiger partial charge on any atom is -0.480 e. The van der Waals surface area contributed by atoms with Gasteiger partial charge in [-0.2, -0.15) is 0 Å². The molecule has 3 rings (SSSR count). The molecule has 0 radical (unpaired) electrons. The molecule has 1 fully saturated rings. The Hall–Kier alpha value is -2.80. The summed E-state index contributed by atoms with van der Waals surface area (Å²) in [6, 6.07) is 8.68. The second-order valence-corrected chi connectivity index (χ2v) is 8.01. The first-order valence-electron chi connectivity index (χ1n) is 9.56. The lowest BCUT2D eigenvalue weighted by Crippen LogP contribution is -2.58. The Bertz CT molecular complexity index is 909. The maximum atomic E-state index is 13.1. The molecule has 0 atom stereocenters. The average molecular weight is 398 g/mol. The number of hydrogen-bond donors (Lipinski definition) is 0. The van der Waals surface area contributed by atoms with Crippen LogP contribution in [0.5, 0.6) is 17.5 Å². The van der Waals surface area contributed by atoms with Gasteiger partial charge in [-0.25, -0.2) is 0 Å². The fraction of sp³-hybridized carbons (Fsp3) is 0.455. The summed E-state index contributed by atoms with van der Waals surface area (Å²) >= 11 is 0. The Kier molecular flexibility index (Phi) is 5.45. The van der Waals surface area contributed by atoms with Crippen molar-refractivity contribution in [3.05, 3.63) is 41.5 Å². The molecule has 0 aliphatic carbocycles. The number of aryl methyl sites for hydroxylation is 1. The molecule has 154 valence electrons. The fourth-order valence-electron chi connectivity index (χ4n) is 3.65. The fourth-order valence-corrected chi connectivity index (χ4v) is 3.65. The van der Waals surface area contributed by atoms with Gasteiger partial charge in [-0.3, -0.25) is 9.59 Å². The van der Waals surface area contributed by atoms with Gasteiger partial charge in [0.2, 0.25) is 11.8 Å². The van der Waals surface area contributed by atoms with Gasteiger partial charge in [-0.1, -0.05) is 13.0 Å². The number of ketones is 2. The Morgan fingerprint density at radius 1 is 0.966 bits per heavy atom. The van der Waals surface area contributed by atoms with Gasteiger partial charge in [-0.15, -0.1) is 10.2 Å². The van der Waals surface area contributed by atoms with E-state index in [-0.39, 0.29) is 17.4 Å². The molecule has 0 spiro atoms. The van der Waals surface area contributed by atoms with Crippen molar-refractivity contribution in [1.29, 1.82) is 0 Å². The normalized spacial score (nSPS) is 18.6. The number of ether oxygens (including phenoxy) is 3. The van der Waals surface area contributed by atoms with Gasteiger partial charge in [0.15, 0.2) is 11.6 Å². The van der Waals surface area contributed by atoms with E-state index in [0.29, 0.717) is 23.6 Å². The van der Waals surface area contributed by atoms with Gasteiger partial charge in [0.25, 0.3) is 0 Å². The molecule has 0 bridgehead atoms. The van der Waals surface area contributed by atoms with Crippen molar-refractivity contribution in [3.63, 3.8) is 0 Å². The number of aromatic nitrogens is 2. The first-order valence-corrected chi connectivity index (χ1v) is 9.56. The molecule has 7 heteroatoms. The van der Waals surface area contributed by atoms with Crippen LogP contribution in [0.3, 0.4) is 0 Å². The first kappa shape index (κ1) is 20.9.